The number of ether oxygens (including phenoxy) is 1. The molecule has 1 heterocycles. The van der Waals surface area contributed by atoms with E-state index >= 15 is 0 Å². The third-order valence-corrected chi connectivity index (χ3v) is 3.05. The number of aryl methyl sites for hydroxylation is 1. The van der Waals surface area contributed by atoms with Crippen LogP contribution in [0.25, 0.3) is 0 Å². The van der Waals surface area contributed by atoms with Gasteiger partial charge in [0, 0.05) is 12.6 Å². The van der Waals surface area contributed by atoms with Gasteiger partial charge in [0.2, 0.25) is 0 Å². The molecule has 1 aromatic rings. The molecule has 1 atom stereocenters. The molecule has 1 aromatic heterocycles. The summed E-state index contributed by atoms with van der Waals surface area (Å²) in [6, 6.07) is 2.15. The van der Waals surface area contributed by atoms with Crippen molar-refractivity contribution in [1.82, 2.24) is 10.6 Å². The van der Waals surface area contributed by atoms with Crippen LogP contribution < -0.4 is 10.6 Å². The lowest BCUT2D eigenvalue weighted by Crippen LogP contribution is -2.42. The molecule has 5 nitrogen and oxygen atoms in total. The number of hydrogen-bond acceptors (Lipinski definition) is 4. The Balaban J connectivity index is 2.39. The molecule has 1 amide bonds. The number of rotatable bonds is 7. The Kier molecular flexibility index (Phi) is 6.75. The SMILES string of the molecule is CCCC(CNC(=O)OC(C)(C)C)NCc1occc1C. The molecule has 0 fully saturated rings. The zero-order valence-electron chi connectivity index (χ0n) is 13.8. The van der Waals surface area contributed by atoms with Crippen molar-refractivity contribution in [2.75, 3.05) is 6.54 Å². The van der Waals surface area contributed by atoms with Crippen molar-refractivity contribution >= 4 is 6.09 Å². The van der Waals surface area contributed by atoms with Gasteiger partial charge in [-0.25, -0.2) is 4.79 Å². The van der Waals surface area contributed by atoms with Gasteiger partial charge >= 0.3 is 6.09 Å². The van der Waals surface area contributed by atoms with E-state index in [4.69, 9.17) is 9.15 Å². The minimum absolute atomic E-state index is 0.201. The fourth-order valence-corrected chi connectivity index (χ4v) is 1.97. The second-order valence-corrected chi connectivity index (χ2v) is 6.28. The zero-order valence-corrected chi connectivity index (χ0v) is 13.8. The predicted molar refractivity (Wildman–Crippen MR) is 83.2 cm³/mol. The normalized spacial score (nSPS) is 13.0. The Morgan fingerprint density at radius 2 is 2.14 bits per heavy atom. The third-order valence-electron chi connectivity index (χ3n) is 3.05. The van der Waals surface area contributed by atoms with Crippen molar-refractivity contribution in [2.24, 2.45) is 0 Å². The summed E-state index contributed by atoms with van der Waals surface area (Å²) < 4.78 is 10.6. The Hall–Kier alpha value is -1.49. The van der Waals surface area contributed by atoms with Gasteiger partial charge in [-0.2, -0.15) is 0 Å². The first-order valence-electron chi connectivity index (χ1n) is 7.55. The van der Waals surface area contributed by atoms with Gasteiger partial charge in [-0.05, 0) is 45.7 Å². The van der Waals surface area contributed by atoms with E-state index in [2.05, 4.69) is 17.6 Å². The van der Waals surface area contributed by atoms with Gasteiger partial charge in [0.15, 0.2) is 0 Å². The highest BCUT2D eigenvalue weighted by Gasteiger charge is 2.17. The molecule has 0 saturated carbocycles. The van der Waals surface area contributed by atoms with Gasteiger partial charge in [-0.1, -0.05) is 13.3 Å². The fraction of sp³-hybridized carbons (Fsp3) is 0.688. The molecule has 0 aliphatic heterocycles. The second-order valence-electron chi connectivity index (χ2n) is 6.28. The average Bonchev–Trinajstić information content (AvgIpc) is 2.76. The summed E-state index contributed by atoms with van der Waals surface area (Å²) in [5.74, 6) is 0.938. The lowest BCUT2D eigenvalue weighted by Gasteiger charge is -2.22. The van der Waals surface area contributed by atoms with Crippen molar-refractivity contribution in [3.8, 4) is 0 Å². The summed E-state index contributed by atoms with van der Waals surface area (Å²) in [5, 5.41) is 6.23. The first kappa shape index (κ1) is 17.6. The Morgan fingerprint density at radius 3 is 2.67 bits per heavy atom. The second kappa shape index (κ2) is 8.08. The molecule has 21 heavy (non-hydrogen) atoms. The molecule has 2 N–H and O–H groups in total. The van der Waals surface area contributed by atoms with E-state index in [0.717, 1.165) is 24.2 Å². The molecule has 0 spiro atoms. The maximum absolute atomic E-state index is 11.7. The molecule has 0 bridgehead atoms. The molecular formula is C16H28N2O3. The van der Waals surface area contributed by atoms with E-state index < -0.39 is 5.60 Å². The molecule has 0 saturated heterocycles. The van der Waals surface area contributed by atoms with Crippen LogP contribution in [0, 0.1) is 6.92 Å². The van der Waals surface area contributed by atoms with Crippen LogP contribution in [0.1, 0.15) is 51.9 Å². The highest BCUT2D eigenvalue weighted by atomic mass is 16.6. The number of nitrogens with one attached hydrogen (secondary N) is 2. The summed E-state index contributed by atoms with van der Waals surface area (Å²) in [6.45, 7) is 10.9. The van der Waals surface area contributed by atoms with Gasteiger partial charge in [-0.15, -0.1) is 0 Å². The van der Waals surface area contributed by atoms with Crippen molar-refractivity contribution in [2.45, 2.75) is 65.6 Å². The topological polar surface area (TPSA) is 63.5 Å². The van der Waals surface area contributed by atoms with Crippen molar-refractivity contribution < 1.29 is 13.9 Å². The fourth-order valence-electron chi connectivity index (χ4n) is 1.97. The molecule has 0 aliphatic carbocycles. The quantitative estimate of drug-likeness (QED) is 0.809. The summed E-state index contributed by atoms with van der Waals surface area (Å²) in [6.07, 6.45) is 3.35. The van der Waals surface area contributed by atoms with Gasteiger partial charge < -0.3 is 19.8 Å². The van der Waals surface area contributed by atoms with Gasteiger partial charge in [0.05, 0.1) is 12.8 Å². The maximum atomic E-state index is 11.7. The lowest BCUT2D eigenvalue weighted by molar-refractivity contribution is 0.0521. The van der Waals surface area contributed by atoms with Gasteiger partial charge in [0.1, 0.15) is 11.4 Å². The Bertz CT molecular complexity index is 435. The molecule has 120 valence electrons. The first-order valence-corrected chi connectivity index (χ1v) is 7.55. The first-order chi connectivity index (χ1) is 9.81. The Morgan fingerprint density at radius 1 is 1.43 bits per heavy atom. The smallest absolute Gasteiger partial charge is 0.407 e. The summed E-state index contributed by atoms with van der Waals surface area (Å²) in [4.78, 5) is 11.7. The van der Waals surface area contributed by atoms with E-state index in [9.17, 15) is 4.79 Å². The highest BCUT2D eigenvalue weighted by molar-refractivity contribution is 5.67. The van der Waals surface area contributed by atoms with E-state index in [-0.39, 0.29) is 12.1 Å². The largest absolute Gasteiger partial charge is 0.468 e. The zero-order chi connectivity index (χ0) is 15.9. The minimum atomic E-state index is -0.469. The number of furan rings is 1. The minimum Gasteiger partial charge on any atom is -0.468 e. The number of amides is 1. The number of carbonyl (C=O) groups excluding carboxylic acids is 1. The van der Waals surface area contributed by atoms with Crippen LogP contribution in [0.3, 0.4) is 0 Å². The van der Waals surface area contributed by atoms with Crippen LogP contribution in [-0.4, -0.2) is 24.3 Å². The van der Waals surface area contributed by atoms with E-state index in [0.29, 0.717) is 13.1 Å². The number of hydrogen-bond donors (Lipinski definition) is 2. The van der Waals surface area contributed by atoms with Crippen molar-refractivity contribution in [3.63, 3.8) is 0 Å². The molecular weight excluding hydrogens is 268 g/mol. The summed E-state index contributed by atoms with van der Waals surface area (Å²) >= 11 is 0. The predicted octanol–water partition coefficient (Wildman–Crippen LogP) is 3.37. The monoisotopic (exact) mass is 296 g/mol. The highest BCUT2D eigenvalue weighted by Crippen LogP contribution is 2.09. The van der Waals surface area contributed by atoms with Gasteiger partial charge in [-0.3, -0.25) is 0 Å². The number of carbonyl (C=O) groups is 1. The number of alkyl carbamates (subject to hydrolysis) is 1. The molecule has 1 rings (SSSR count). The molecule has 0 aromatic carbocycles. The van der Waals surface area contributed by atoms with E-state index in [1.807, 2.05) is 33.8 Å². The lowest BCUT2D eigenvalue weighted by atomic mass is 10.1. The van der Waals surface area contributed by atoms with Gasteiger partial charge in [0.25, 0.3) is 0 Å². The van der Waals surface area contributed by atoms with Crippen LogP contribution in [0.5, 0.6) is 0 Å². The van der Waals surface area contributed by atoms with Crippen LogP contribution in [-0.2, 0) is 11.3 Å². The van der Waals surface area contributed by atoms with Crippen LogP contribution in [0.15, 0.2) is 16.7 Å². The molecule has 0 radical (unpaired) electrons. The van der Waals surface area contributed by atoms with E-state index in [1.54, 1.807) is 6.26 Å². The van der Waals surface area contributed by atoms with E-state index in [1.165, 1.54) is 0 Å². The Labute approximate surface area is 127 Å². The average molecular weight is 296 g/mol. The third kappa shape index (κ3) is 7.18. The standard InChI is InChI=1S/C16H28N2O3/c1-6-7-13(10-18-15(19)21-16(3,4)5)17-11-14-12(2)8-9-20-14/h8-9,13,17H,6-7,10-11H2,1-5H3,(H,18,19). The molecule has 0 aliphatic rings. The molecule has 1 unspecified atom stereocenters. The van der Waals surface area contributed by atoms with Crippen molar-refractivity contribution in [1.29, 1.82) is 0 Å². The van der Waals surface area contributed by atoms with Crippen molar-refractivity contribution in [3.05, 3.63) is 23.7 Å². The summed E-state index contributed by atoms with van der Waals surface area (Å²) in [5.41, 5.74) is 0.668. The van der Waals surface area contributed by atoms with Crippen LogP contribution in [0.2, 0.25) is 0 Å². The van der Waals surface area contributed by atoms with Crippen LogP contribution >= 0.6 is 0 Å². The maximum Gasteiger partial charge on any atom is 0.407 e. The molecule has 5 heteroatoms. The summed E-state index contributed by atoms with van der Waals surface area (Å²) in [7, 11) is 0. The van der Waals surface area contributed by atoms with Crippen LogP contribution in [0.4, 0.5) is 4.79 Å².